The minimum absolute atomic E-state index is 0.300. The second-order valence-corrected chi connectivity index (χ2v) is 14.7. The average Bonchev–Trinajstić information content (AvgIpc) is 2.85. The van der Waals surface area contributed by atoms with Crippen LogP contribution in [0.4, 0.5) is 4.79 Å². The van der Waals surface area contributed by atoms with Gasteiger partial charge in [-0.05, 0) is 26.8 Å². The van der Waals surface area contributed by atoms with Crippen molar-refractivity contribution in [2.75, 3.05) is 33.5 Å². The number of likely N-dealkylation sites (N-methyl/N-ethyl adjacent to an activating group) is 1. The Morgan fingerprint density at radius 2 is 1.96 bits per heavy atom. The molecule has 0 aromatic rings. The first-order chi connectivity index (χ1) is 10.9. The first-order valence-corrected chi connectivity index (χ1v) is 12.7. The summed E-state index contributed by atoms with van der Waals surface area (Å²) in [5.74, 6) is 0. The van der Waals surface area contributed by atoms with Gasteiger partial charge in [-0.2, -0.15) is 0 Å². The number of carbonyl (C=O) groups is 1. The molecule has 8 heteroatoms. The first-order valence-electron chi connectivity index (χ1n) is 8.32. The van der Waals surface area contributed by atoms with Crippen molar-refractivity contribution in [1.82, 2.24) is 14.1 Å². The Labute approximate surface area is 155 Å². The van der Waals surface area contributed by atoms with Crippen LogP contribution in [-0.4, -0.2) is 62.1 Å². The van der Waals surface area contributed by atoms with Crippen LogP contribution in [0.25, 0.3) is 0 Å². The van der Waals surface area contributed by atoms with E-state index >= 15 is 0 Å². The molecule has 0 spiro atoms. The van der Waals surface area contributed by atoms with E-state index in [9.17, 15) is 4.79 Å². The minimum atomic E-state index is -1.08. The van der Waals surface area contributed by atoms with Gasteiger partial charge in [0.25, 0.3) is 0 Å². The fourth-order valence-electron chi connectivity index (χ4n) is 2.12. The average molecular weight is 422 g/mol. The van der Waals surface area contributed by atoms with Gasteiger partial charge in [0, 0.05) is 21.7 Å². The Balaban J connectivity index is 2.54. The molecule has 0 bridgehead atoms. The van der Waals surface area contributed by atoms with Gasteiger partial charge in [-0.15, -0.1) is 0 Å². The highest BCUT2D eigenvalue weighted by molar-refractivity contribution is 9.07. The summed E-state index contributed by atoms with van der Waals surface area (Å²) in [6.07, 6.45) is -0.300. The summed E-state index contributed by atoms with van der Waals surface area (Å²) in [5.41, 5.74) is 1.50. The summed E-state index contributed by atoms with van der Waals surface area (Å²) in [4.78, 5) is 13.9. The maximum atomic E-state index is 12.3. The van der Waals surface area contributed by atoms with Gasteiger partial charge in [0.15, 0.2) is 0 Å². The predicted octanol–water partition coefficient (Wildman–Crippen LogP) is 3.59. The lowest BCUT2D eigenvalue weighted by atomic mass is 10.2. The molecular weight excluding hydrogens is 390 g/mol. The molecule has 1 aliphatic heterocycles. The largest absolute Gasteiger partial charge is 0.444 e. The van der Waals surface area contributed by atoms with Crippen LogP contribution in [0.1, 0.15) is 20.8 Å². The summed E-state index contributed by atoms with van der Waals surface area (Å²) in [5, 5.41) is 3.17. The van der Waals surface area contributed by atoms with Gasteiger partial charge in [0.05, 0.1) is 40.6 Å². The number of rotatable bonds is 7. The molecule has 0 aromatic carbocycles. The highest BCUT2D eigenvalue weighted by Gasteiger charge is 2.31. The standard InChI is InChI=1S/C16H32BrN3O3Si/c1-16(2,3)23-15(21)19-10-13(18-4)14(11-19)20(17)12-22-8-9-24(5,6)7/h18H,8-12H2,1-7H3. The SMILES string of the molecule is CNC1=C(N(Br)COCC[Si](C)(C)C)CN(C(=O)OC(C)(C)C)C1. The van der Waals surface area contributed by atoms with Crippen molar-refractivity contribution in [2.45, 2.75) is 52.1 Å². The number of amides is 1. The van der Waals surface area contributed by atoms with Crippen LogP contribution in [-0.2, 0) is 9.47 Å². The van der Waals surface area contributed by atoms with Crippen molar-refractivity contribution in [1.29, 1.82) is 0 Å². The van der Waals surface area contributed by atoms with E-state index in [1.807, 2.05) is 31.7 Å². The second kappa shape index (κ2) is 8.58. The molecule has 140 valence electrons. The lowest BCUT2D eigenvalue weighted by Gasteiger charge is -2.25. The lowest BCUT2D eigenvalue weighted by molar-refractivity contribution is 0.0289. The van der Waals surface area contributed by atoms with Gasteiger partial charge >= 0.3 is 6.09 Å². The topological polar surface area (TPSA) is 54.0 Å². The van der Waals surface area contributed by atoms with E-state index in [2.05, 4.69) is 41.1 Å². The Morgan fingerprint density at radius 1 is 1.33 bits per heavy atom. The van der Waals surface area contributed by atoms with E-state index in [4.69, 9.17) is 9.47 Å². The quantitative estimate of drug-likeness (QED) is 0.294. The molecule has 0 unspecified atom stereocenters. The Hall–Kier alpha value is -0.733. The van der Waals surface area contributed by atoms with Crippen molar-refractivity contribution in [3.05, 3.63) is 11.4 Å². The van der Waals surface area contributed by atoms with E-state index < -0.39 is 13.7 Å². The third-order valence-electron chi connectivity index (χ3n) is 3.49. The number of hydrogen-bond donors (Lipinski definition) is 1. The van der Waals surface area contributed by atoms with Crippen LogP contribution >= 0.6 is 16.1 Å². The zero-order chi connectivity index (χ0) is 18.5. The van der Waals surface area contributed by atoms with Gasteiger partial charge in [0.1, 0.15) is 12.3 Å². The molecular formula is C16H32BrN3O3Si. The smallest absolute Gasteiger partial charge is 0.410 e. The Morgan fingerprint density at radius 3 is 2.46 bits per heavy atom. The molecule has 6 nitrogen and oxygen atoms in total. The minimum Gasteiger partial charge on any atom is -0.444 e. The van der Waals surface area contributed by atoms with Crippen LogP contribution in [0.3, 0.4) is 0 Å². The van der Waals surface area contributed by atoms with Crippen LogP contribution in [0.5, 0.6) is 0 Å². The monoisotopic (exact) mass is 421 g/mol. The molecule has 0 atom stereocenters. The third kappa shape index (κ3) is 7.44. The zero-order valence-electron chi connectivity index (χ0n) is 16.0. The van der Waals surface area contributed by atoms with Gasteiger partial charge in [0.2, 0.25) is 0 Å². The maximum Gasteiger partial charge on any atom is 0.410 e. The predicted molar refractivity (Wildman–Crippen MR) is 104 cm³/mol. The van der Waals surface area contributed by atoms with Crippen LogP contribution < -0.4 is 5.32 Å². The molecule has 1 N–H and O–H groups in total. The normalized spacial score (nSPS) is 15.8. The number of carbonyl (C=O) groups excluding carboxylic acids is 1. The van der Waals surface area contributed by atoms with Gasteiger partial charge in [-0.3, -0.25) is 8.83 Å². The van der Waals surface area contributed by atoms with E-state index in [-0.39, 0.29) is 6.09 Å². The molecule has 1 rings (SSSR count). The van der Waals surface area contributed by atoms with Gasteiger partial charge < -0.3 is 14.8 Å². The molecule has 1 aliphatic rings. The van der Waals surface area contributed by atoms with Crippen molar-refractivity contribution in [2.24, 2.45) is 0 Å². The number of hydrogen-bond acceptors (Lipinski definition) is 5. The lowest BCUT2D eigenvalue weighted by Crippen LogP contribution is -2.36. The highest BCUT2D eigenvalue weighted by atomic mass is 79.9. The van der Waals surface area contributed by atoms with E-state index in [0.29, 0.717) is 19.8 Å². The fraction of sp³-hybridized carbons (Fsp3) is 0.812. The van der Waals surface area contributed by atoms with E-state index in [1.54, 1.807) is 4.90 Å². The number of nitrogens with zero attached hydrogens (tertiary/aromatic N) is 2. The molecule has 1 heterocycles. The van der Waals surface area contributed by atoms with Crippen molar-refractivity contribution < 1.29 is 14.3 Å². The van der Waals surface area contributed by atoms with E-state index in [0.717, 1.165) is 24.0 Å². The van der Waals surface area contributed by atoms with Gasteiger partial charge in [-0.1, -0.05) is 19.6 Å². The maximum absolute atomic E-state index is 12.3. The van der Waals surface area contributed by atoms with E-state index in [1.165, 1.54) is 0 Å². The number of halogens is 1. The molecule has 0 fully saturated rings. The first kappa shape index (κ1) is 21.3. The summed E-state index contributed by atoms with van der Waals surface area (Å²) in [6, 6.07) is 1.13. The molecule has 0 aromatic heterocycles. The molecule has 1 amide bonds. The second-order valence-electron chi connectivity index (χ2n) is 8.22. The number of ether oxygens (including phenoxy) is 2. The summed E-state index contributed by atoms with van der Waals surface area (Å²) in [7, 11) is 0.779. The highest BCUT2D eigenvalue weighted by Crippen LogP contribution is 2.24. The Bertz CT molecular complexity index is 472. The molecule has 0 saturated heterocycles. The summed E-state index contributed by atoms with van der Waals surface area (Å²) < 4.78 is 13.1. The van der Waals surface area contributed by atoms with Crippen LogP contribution in [0.2, 0.25) is 25.7 Å². The molecule has 24 heavy (non-hydrogen) atoms. The van der Waals surface area contributed by atoms with Crippen molar-refractivity contribution in [3.63, 3.8) is 0 Å². The van der Waals surface area contributed by atoms with Crippen molar-refractivity contribution in [3.8, 4) is 0 Å². The van der Waals surface area contributed by atoms with Crippen LogP contribution in [0.15, 0.2) is 11.4 Å². The zero-order valence-corrected chi connectivity index (χ0v) is 18.6. The molecule has 0 radical (unpaired) electrons. The molecule has 0 aliphatic carbocycles. The fourth-order valence-corrected chi connectivity index (χ4v) is 3.34. The summed E-state index contributed by atoms with van der Waals surface area (Å²) in [6.45, 7) is 14.8. The van der Waals surface area contributed by atoms with Crippen molar-refractivity contribution >= 4 is 30.3 Å². The Kier molecular flexibility index (Phi) is 7.62. The van der Waals surface area contributed by atoms with Gasteiger partial charge in [-0.25, -0.2) is 4.79 Å². The number of nitrogens with one attached hydrogen (secondary N) is 1. The molecule has 0 saturated carbocycles. The summed E-state index contributed by atoms with van der Waals surface area (Å²) >= 11 is 3.55. The third-order valence-corrected chi connectivity index (χ3v) is 5.82. The van der Waals surface area contributed by atoms with Crippen LogP contribution in [0, 0.1) is 0 Å².